The molecular formula is C18H14Br2N6O2. The molecular weight excluding hydrogens is 492 g/mol. The Labute approximate surface area is 176 Å². The number of benzene rings is 1. The molecule has 0 aliphatic rings. The predicted molar refractivity (Wildman–Crippen MR) is 111 cm³/mol. The third-order valence-electron chi connectivity index (χ3n) is 4.02. The number of nitrogens with one attached hydrogen (secondary N) is 1. The number of hydrogen-bond acceptors (Lipinski definition) is 7. The van der Waals surface area contributed by atoms with Crippen LogP contribution in [0.1, 0.15) is 11.9 Å². The molecule has 1 aromatic carbocycles. The van der Waals surface area contributed by atoms with Gasteiger partial charge in [0.1, 0.15) is 20.8 Å². The van der Waals surface area contributed by atoms with Crippen molar-refractivity contribution in [2.75, 3.05) is 12.4 Å². The average molecular weight is 506 g/mol. The Balaban J connectivity index is 1.84. The minimum Gasteiger partial charge on any atom is -0.497 e. The van der Waals surface area contributed by atoms with Crippen molar-refractivity contribution in [3.05, 3.63) is 64.0 Å². The Hall–Kier alpha value is -2.56. The lowest BCUT2D eigenvalue weighted by Gasteiger charge is -2.15. The number of methoxy groups -OCH3 is 1. The summed E-state index contributed by atoms with van der Waals surface area (Å²) in [6.07, 6.45) is 5.36. The minimum atomic E-state index is -1.10. The fourth-order valence-corrected chi connectivity index (χ4v) is 3.30. The van der Waals surface area contributed by atoms with Gasteiger partial charge in [-0.2, -0.15) is 0 Å². The lowest BCUT2D eigenvalue weighted by molar-refractivity contribution is 0.202. The largest absolute Gasteiger partial charge is 0.497 e. The Morgan fingerprint density at radius 3 is 2.68 bits per heavy atom. The van der Waals surface area contributed by atoms with E-state index in [4.69, 9.17) is 4.74 Å². The molecule has 1 atom stereocenters. The number of nitrogens with zero attached hydrogens (tertiary/aromatic N) is 5. The van der Waals surface area contributed by atoms with Gasteiger partial charge in [0.25, 0.3) is 0 Å². The van der Waals surface area contributed by atoms with Crippen LogP contribution in [0.5, 0.6) is 5.75 Å². The number of ether oxygens (including phenoxy) is 1. The van der Waals surface area contributed by atoms with E-state index in [9.17, 15) is 5.11 Å². The van der Waals surface area contributed by atoms with Crippen LogP contribution >= 0.6 is 31.9 Å². The highest BCUT2D eigenvalue weighted by Crippen LogP contribution is 2.31. The molecule has 8 nitrogen and oxygen atoms in total. The van der Waals surface area contributed by atoms with E-state index in [2.05, 4.69) is 57.1 Å². The second-order valence-electron chi connectivity index (χ2n) is 5.79. The second-order valence-corrected chi connectivity index (χ2v) is 7.41. The van der Waals surface area contributed by atoms with Crippen LogP contribution in [0.3, 0.4) is 0 Å². The summed E-state index contributed by atoms with van der Waals surface area (Å²) in [6, 6.07) is 7.49. The first-order valence-corrected chi connectivity index (χ1v) is 9.74. The van der Waals surface area contributed by atoms with Crippen molar-refractivity contribution in [3.8, 4) is 17.0 Å². The number of anilines is 1. The quantitative estimate of drug-likeness (QED) is 0.398. The zero-order valence-corrected chi connectivity index (χ0v) is 17.7. The van der Waals surface area contributed by atoms with Gasteiger partial charge in [0.2, 0.25) is 0 Å². The van der Waals surface area contributed by atoms with E-state index in [1.807, 2.05) is 24.3 Å². The maximum Gasteiger partial charge on any atom is 0.169 e. The molecule has 1 unspecified atom stereocenters. The molecule has 0 bridgehead atoms. The summed E-state index contributed by atoms with van der Waals surface area (Å²) in [7, 11) is 1.60. The van der Waals surface area contributed by atoms with Gasteiger partial charge >= 0.3 is 0 Å². The van der Waals surface area contributed by atoms with Crippen molar-refractivity contribution in [1.82, 2.24) is 24.3 Å². The van der Waals surface area contributed by atoms with Gasteiger partial charge in [-0.1, -0.05) is 12.1 Å². The van der Waals surface area contributed by atoms with Gasteiger partial charge in [-0.05, 0) is 44.0 Å². The summed E-state index contributed by atoms with van der Waals surface area (Å²) in [4.78, 5) is 17.2. The molecule has 0 amide bonds. The van der Waals surface area contributed by atoms with Gasteiger partial charge in [-0.25, -0.2) is 19.9 Å². The molecule has 4 aromatic rings. The van der Waals surface area contributed by atoms with Gasteiger partial charge in [-0.3, -0.25) is 4.40 Å². The highest BCUT2D eigenvalue weighted by atomic mass is 79.9. The predicted octanol–water partition coefficient (Wildman–Crippen LogP) is 3.82. The van der Waals surface area contributed by atoms with Gasteiger partial charge in [-0.15, -0.1) is 0 Å². The average Bonchev–Trinajstić information content (AvgIpc) is 3.08. The van der Waals surface area contributed by atoms with Gasteiger partial charge < -0.3 is 15.2 Å². The molecule has 0 saturated heterocycles. The topological polar surface area (TPSA) is 97.5 Å². The van der Waals surface area contributed by atoms with E-state index < -0.39 is 6.23 Å². The van der Waals surface area contributed by atoms with E-state index in [-0.39, 0.29) is 0 Å². The van der Waals surface area contributed by atoms with Crippen molar-refractivity contribution >= 4 is 43.3 Å². The van der Waals surface area contributed by atoms with E-state index in [1.54, 1.807) is 30.1 Å². The van der Waals surface area contributed by atoms with Crippen LogP contribution in [0.15, 0.2) is 58.3 Å². The van der Waals surface area contributed by atoms with Crippen molar-refractivity contribution in [2.45, 2.75) is 6.23 Å². The number of halogens is 2. The maximum absolute atomic E-state index is 11.0. The first-order valence-electron chi connectivity index (χ1n) is 8.15. The van der Waals surface area contributed by atoms with Crippen LogP contribution in [-0.4, -0.2) is 36.6 Å². The molecule has 0 fully saturated rings. The highest BCUT2D eigenvalue weighted by molar-refractivity contribution is 9.10. The minimum absolute atomic E-state index is 0.426. The van der Waals surface area contributed by atoms with Crippen molar-refractivity contribution in [3.63, 3.8) is 0 Å². The van der Waals surface area contributed by atoms with E-state index >= 15 is 0 Å². The Morgan fingerprint density at radius 2 is 1.93 bits per heavy atom. The van der Waals surface area contributed by atoms with Crippen LogP contribution < -0.4 is 10.1 Å². The fourth-order valence-electron chi connectivity index (χ4n) is 2.79. The van der Waals surface area contributed by atoms with Crippen LogP contribution in [0.2, 0.25) is 0 Å². The molecule has 0 aliphatic heterocycles. The Kier molecular flexibility index (Phi) is 5.25. The van der Waals surface area contributed by atoms with E-state index in [1.165, 1.54) is 6.20 Å². The van der Waals surface area contributed by atoms with Crippen LogP contribution in [0, 0.1) is 0 Å². The summed E-state index contributed by atoms with van der Waals surface area (Å²) in [5.41, 5.74) is 2.54. The van der Waals surface area contributed by atoms with E-state index in [0.717, 1.165) is 5.56 Å². The normalized spacial score (nSPS) is 12.1. The number of aromatic nitrogens is 5. The van der Waals surface area contributed by atoms with Crippen LogP contribution in [0.4, 0.5) is 5.82 Å². The monoisotopic (exact) mass is 504 g/mol. The third kappa shape index (κ3) is 3.71. The van der Waals surface area contributed by atoms with Gasteiger partial charge in [0, 0.05) is 11.8 Å². The highest BCUT2D eigenvalue weighted by Gasteiger charge is 2.22. The SMILES string of the molecule is COc1cccc(-c2nc3cnc(Br)cn3c2C(O)Nc2cnc(Br)cn2)c1. The zero-order chi connectivity index (χ0) is 19.7. The molecule has 0 spiro atoms. The summed E-state index contributed by atoms with van der Waals surface area (Å²) in [5, 5.41) is 13.9. The molecule has 3 aromatic heterocycles. The molecule has 28 heavy (non-hydrogen) atoms. The summed E-state index contributed by atoms with van der Waals surface area (Å²) < 4.78 is 8.32. The van der Waals surface area contributed by atoms with Crippen molar-refractivity contribution in [2.24, 2.45) is 0 Å². The number of fused-ring (bicyclic) bond motifs is 1. The summed E-state index contributed by atoms with van der Waals surface area (Å²) >= 11 is 6.61. The van der Waals surface area contributed by atoms with Crippen LogP contribution in [-0.2, 0) is 0 Å². The first kappa shape index (κ1) is 18.8. The number of hydrogen-bond donors (Lipinski definition) is 2. The molecule has 0 aliphatic carbocycles. The summed E-state index contributed by atoms with van der Waals surface area (Å²) in [5.74, 6) is 1.12. The van der Waals surface area contributed by atoms with Crippen molar-refractivity contribution in [1.29, 1.82) is 0 Å². The molecule has 10 heteroatoms. The lowest BCUT2D eigenvalue weighted by atomic mass is 10.1. The fraction of sp³-hybridized carbons (Fsp3) is 0.111. The van der Waals surface area contributed by atoms with Crippen molar-refractivity contribution < 1.29 is 9.84 Å². The van der Waals surface area contributed by atoms with Gasteiger partial charge in [0.05, 0.1) is 37.1 Å². The Morgan fingerprint density at radius 1 is 1.11 bits per heavy atom. The first-order chi connectivity index (χ1) is 13.5. The molecule has 0 saturated carbocycles. The summed E-state index contributed by atoms with van der Waals surface area (Å²) in [6.45, 7) is 0. The Bertz CT molecular complexity index is 1130. The molecule has 0 radical (unpaired) electrons. The number of imidazole rings is 1. The van der Waals surface area contributed by atoms with Crippen LogP contribution in [0.25, 0.3) is 16.9 Å². The molecule has 3 heterocycles. The standard InChI is InChI=1S/C18H14Br2N6O2/c1-28-11-4-2-3-10(5-11)16-17(26-9-13(20)22-8-15(26)25-16)18(27)24-14-7-21-12(19)6-23-14/h2-9,18,27H,1H3,(H,23,24). The molecule has 142 valence electrons. The number of rotatable bonds is 5. The zero-order valence-electron chi connectivity index (χ0n) is 14.5. The van der Waals surface area contributed by atoms with E-state index in [0.29, 0.717) is 37.8 Å². The molecule has 4 rings (SSSR count). The number of aliphatic hydroxyl groups excluding tert-OH is 1. The third-order valence-corrected chi connectivity index (χ3v) is 4.84. The lowest BCUT2D eigenvalue weighted by Crippen LogP contribution is -2.14. The maximum atomic E-state index is 11.0. The number of aliphatic hydroxyl groups is 1. The van der Waals surface area contributed by atoms with Gasteiger partial charge in [0.15, 0.2) is 11.9 Å². The molecule has 2 N–H and O–H groups in total. The second kappa shape index (κ2) is 7.82. The smallest absolute Gasteiger partial charge is 0.169 e.